The van der Waals surface area contributed by atoms with E-state index in [0.29, 0.717) is 0 Å². The lowest BCUT2D eigenvalue weighted by atomic mass is 9.72. The normalized spacial score (nSPS) is 24.1. The molecule has 2 aliphatic rings. The highest BCUT2D eigenvalue weighted by molar-refractivity contribution is 6.30. The first-order valence-electron chi connectivity index (χ1n) is 8.38. The molecule has 0 bridgehead atoms. The molecule has 1 aromatic carbocycles. The van der Waals surface area contributed by atoms with Gasteiger partial charge in [-0.1, -0.05) is 43.0 Å². The second kappa shape index (κ2) is 6.68. The van der Waals surface area contributed by atoms with Gasteiger partial charge in [0, 0.05) is 17.5 Å². The highest BCUT2D eigenvalue weighted by Crippen LogP contribution is 2.41. The molecule has 1 heterocycles. The van der Waals surface area contributed by atoms with E-state index in [1.807, 2.05) is 12.1 Å². The van der Waals surface area contributed by atoms with Crippen molar-refractivity contribution in [3.05, 3.63) is 34.9 Å². The number of rotatable bonds is 4. The Labute approximate surface area is 133 Å². The zero-order valence-corrected chi connectivity index (χ0v) is 13.5. The summed E-state index contributed by atoms with van der Waals surface area (Å²) < 4.78 is 0. The van der Waals surface area contributed by atoms with Gasteiger partial charge in [-0.25, -0.2) is 0 Å². The number of hydrogen-bond acceptors (Lipinski definition) is 2. The van der Waals surface area contributed by atoms with Crippen molar-refractivity contribution >= 4 is 11.6 Å². The molecule has 1 saturated carbocycles. The van der Waals surface area contributed by atoms with Crippen LogP contribution in [0.3, 0.4) is 0 Å². The quantitative estimate of drug-likeness (QED) is 0.900. The monoisotopic (exact) mass is 307 g/mol. The predicted octanol–water partition coefficient (Wildman–Crippen LogP) is 4.21. The fourth-order valence-electron chi connectivity index (χ4n) is 4.04. The highest BCUT2D eigenvalue weighted by atomic mass is 35.5. The van der Waals surface area contributed by atoms with Crippen molar-refractivity contribution in [1.82, 2.24) is 4.90 Å². The summed E-state index contributed by atoms with van der Waals surface area (Å²) in [6.07, 6.45) is 7.99. The van der Waals surface area contributed by atoms with Gasteiger partial charge in [-0.2, -0.15) is 0 Å². The lowest BCUT2D eigenvalue weighted by Crippen LogP contribution is -2.43. The first-order valence-corrected chi connectivity index (χ1v) is 8.75. The topological polar surface area (TPSA) is 23.5 Å². The van der Waals surface area contributed by atoms with E-state index >= 15 is 0 Å². The third kappa shape index (κ3) is 3.61. The van der Waals surface area contributed by atoms with Crippen molar-refractivity contribution in [1.29, 1.82) is 0 Å². The number of aliphatic hydroxyl groups is 1. The van der Waals surface area contributed by atoms with Crippen LogP contribution in [-0.2, 0) is 0 Å². The Morgan fingerprint density at radius 1 is 1.10 bits per heavy atom. The molecule has 21 heavy (non-hydrogen) atoms. The lowest BCUT2D eigenvalue weighted by Gasteiger charge is -2.41. The molecular formula is C18H26ClNO. The van der Waals surface area contributed by atoms with Crippen LogP contribution in [0.4, 0.5) is 0 Å². The van der Waals surface area contributed by atoms with Crippen molar-refractivity contribution in [2.45, 2.75) is 56.5 Å². The Bertz CT molecular complexity index is 464. The maximum Gasteiger partial charge on any atom is 0.0728 e. The molecule has 3 rings (SSSR count). The van der Waals surface area contributed by atoms with E-state index in [1.54, 1.807) is 0 Å². The van der Waals surface area contributed by atoms with Crippen LogP contribution in [0.1, 0.15) is 56.4 Å². The minimum Gasteiger partial charge on any atom is -0.389 e. The molecule has 0 spiro atoms. The molecular weight excluding hydrogens is 282 g/mol. The molecule has 2 fully saturated rings. The van der Waals surface area contributed by atoms with Crippen LogP contribution in [0.15, 0.2) is 24.3 Å². The zero-order valence-electron chi connectivity index (χ0n) is 12.7. The Morgan fingerprint density at radius 3 is 2.48 bits per heavy atom. The van der Waals surface area contributed by atoms with Gasteiger partial charge in [-0.05, 0) is 56.5 Å². The largest absolute Gasteiger partial charge is 0.389 e. The van der Waals surface area contributed by atoms with Crippen molar-refractivity contribution in [3.8, 4) is 0 Å². The maximum atomic E-state index is 11.3. The van der Waals surface area contributed by atoms with E-state index in [1.165, 1.54) is 37.9 Å². The fraction of sp³-hybridized carbons (Fsp3) is 0.667. The molecule has 0 radical (unpaired) electrons. The van der Waals surface area contributed by atoms with E-state index in [9.17, 15) is 5.11 Å². The van der Waals surface area contributed by atoms with Gasteiger partial charge in [0.15, 0.2) is 0 Å². The van der Waals surface area contributed by atoms with E-state index in [0.717, 1.165) is 37.3 Å². The maximum absolute atomic E-state index is 11.3. The molecule has 0 aromatic heterocycles. The third-order valence-corrected chi connectivity index (χ3v) is 5.49. The van der Waals surface area contributed by atoms with E-state index in [2.05, 4.69) is 17.0 Å². The van der Waals surface area contributed by atoms with Crippen molar-refractivity contribution in [2.75, 3.05) is 19.6 Å². The summed E-state index contributed by atoms with van der Waals surface area (Å²) in [4.78, 5) is 2.51. The van der Waals surface area contributed by atoms with Gasteiger partial charge in [-0.3, -0.25) is 0 Å². The fourth-order valence-corrected chi connectivity index (χ4v) is 4.24. The molecule has 1 aromatic rings. The zero-order chi connectivity index (χ0) is 14.7. The summed E-state index contributed by atoms with van der Waals surface area (Å²) >= 11 is 6.19. The van der Waals surface area contributed by atoms with Gasteiger partial charge in [-0.15, -0.1) is 0 Å². The van der Waals surface area contributed by atoms with Gasteiger partial charge < -0.3 is 10.0 Å². The molecule has 1 unspecified atom stereocenters. The first-order chi connectivity index (χ1) is 10.2. The van der Waals surface area contributed by atoms with Crippen LogP contribution < -0.4 is 0 Å². The van der Waals surface area contributed by atoms with E-state index in [-0.39, 0.29) is 5.92 Å². The van der Waals surface area contributed by atoms with Crippen molar-refractivity contribution in [3.63, 3.8) is 0 Å². The predicted molar refractivity (Wildman–Crippen MR) is 87.9 cm³/mol. The molecule has 1 atom stereocenters. The highest BCUT2D eigenvalue weighted by Gasteiger charge is 2.39. The summed E-state index contributed by atoms with van der Waals surface area (Å²) in [6.45, 7) is 3.32. The van der Waals surface area contributed by atoms with Gasteiger partial charge in [0.2, 0.25) is 0 Å². The van der Waals surface area contributed by atoms with Gasteiger partial charge in [0.05, 0.1) is 5.60 Å². The third-order valence-electron chi connectivity index (χ3n) is 5.26. The summed E-state index contributed by atoms with van der Waals surface area (Å²) in [7, 11) is 0. The minimum absolute atomic E-state index is 0.189. The van der Waals surface area contributed by atoms with Crippen LogP contribution in [0.25, 0.3) is 0 Å². The van der Waals surface area contributed by atoms with Gasteiger partial charge >= 0.3 is 0 Å². The average molecular weight is 308 g/mol. The summed E-state index contributed by atoms with van der Waals surface area (Å²) in [5.74, 6) is 0.189. The van der Waals surface area contributed by atoms with E-state index < -0.39 is 5.60 Å². The second-order valence-electron chi connectivity index (χ2n) is 6.78. The Kier molecular flexibility index (Phi) is 4.88. The van der Waals surface area contributed by atoms with Gasteiger partial charge in [0.25, 0.3) is 0 Å². The van der Waals surface area contributed by atoms with Crippen LogP contribution in [0.2, 0.25) is 5.02 Å². The number of halogens is 1. The molecule has 1 aliphatic carbocycles. The molecule has 1 aliphatic heterocycles. The molecule has 3 heteroatoms. The molecule has 116 valence electrons. The van der Waals surface area contributed by atoms with E-state index in [4.69, 9.17) is 11.6 Å². The van der Waals surface area contributed by atoms with Gasteiger partial charge in [0.1, 0.15) is 0 Å². The van der Waals surface area contributed by atoms with Crippen molar-refractivity contribution < 1.29 is 5.11 Å². The van der Waals surface area contributed by atoms with Crippen LogP contribution in [0, 0.1) is 0 Å². The first kappa shape index (κ1) is 15.3. The van der Waals surface area contributed by atoms with Crippen molar-refractivity contribution in [2.24, 2.45) is 0 Å². The smallest absolute Gasteiger partial charge is 0.0728 e. The SMILES string of the molecule is OC1(C(CN2CCCC2)c2cccc(Cl)c2)CCCCC1. The lowest BCUT2D eigenvalue weighted by molar-refractivity contribution is -0.0293. The number of hydrogen-bond donors (Lipinski definition) is 1. The average Bonchev–Trinajstić information content (AvgIpc) is 2.98. The summed E-state index contributed by atoms with van der Waals surface area (Å²) in [5, 5.41) is 12.0. The standard InChI is InChI=1S/C18H26ClNO/c19-16-8-6-7-15(13-16)17(14-20-11-4-5-12-20)18(21)9-2-1-3-10-18/h6-8,13,17,21H,1-5,9-12,14H2. The van der Waals surface area contributed by atoms with Crippen LogP contribution >= 0.6 is 11.6 Å². The Balaban J connectivity index is 1.85. The number of likely N-dealkylation sites (tertiary alicyclic amines) is 1. The molecule has 1 saturated heterocycles. The summed E-state index contributed by atoms with van der Waals surface area (Å²) in [6, 6.07) is 8.12. The Morgan fingerprint density at radius 2 is 1.81 bits per heavy atom. The second-order valence-corrected chi connectivity index (χ2v) is 7.22. The Hall–Kier alpha value is -0.570. The van der Waals surface area contributed by atoms with Crippen LogP contribution in [0.5, 0.6) is 0 Å². The number of nitrogens with zero attached hydrogens (tertiary/aromatic N) is 1. The van der Waals surface area contributed by atoms with Crippen LogP contribution in [-0.4, -0.2) is 35.2 Å². The minimum atomic E-state index is -0.550. The number of benzene rings is 1. The molecule has 2 nitrogen and oxygen atoms in total. The molecule has 0 amide bonds. The summed E-state index contributed by atoms with van der Waals surface area (Å²) in [5.41, 5.74) is 0.657. The molecule has 1 N–H and O–H groups in total.